The first-order valence-corrected chi connectivity index (χ1v) is 6.58. The van der Waals surface area contributed by atoms with Gasteiger partial charge in [0.2, 0.25) is 0 Å². The summed E-state index contributed by atoms with van der Waals surface area (Å²) >= 11 is 0. The topological polar surface area (TPSA) is 65.3 Å². The van der Waals surface area contributed by atoms with E-state index in [-0.39, 0.29) is 12.3 Å². The minimum absolute atomic E-state index is 0.199. The Kier molecular flexibility index (Phi) is 3.55. The normalized spacial score (nSPS) is 10.7. The molecule has 3 aromatic rings. The Labute approximate surface area is 120 Å². The molecule has 0 spiro atoms. The van der Waals surface area contributed by atoms with Gasteiger partial charge in [0.15, 0.2) is 0 Å². The van der Waals surface area contributed by atoms with E-state index >= 15 is 0 Å². The van der Waals surface area contributed by atoms with Crippen molar-refractivity contribution in [3.05, 3.63) is 71.0 Å². The van der Waals surface area contributed by atoms with E-state index in [0.717, 1.165) is 16.1 Å². The van der Waals surface area contributed by atoms with Gasteiger partial charge < -0.3 is 8.94 Å². The van der Waals surface area contributed by atoms with Gasteiger partial charge in [-0.15, -0.1) is 4.74 Å². The Hall–Kier alpha value is -2.82. The molecule has 0 saturated carbocycles. The zero-order valence-corrected chi connectivity index (χ0v) is 11.2. The average Bonchev–Trinajstić information content (AvgIpc) is 3.15. The van der Waals surface area contributed by atoms with Crippen molar-refractivity contribution in [1.82, 2.24) is 4.74 Å². The first kappa shape index (κ1) is 13.2. The van der Waals surface area contributed by atoms with Crippen molar-refractivity contribution in [3.8, 4) is 11.3 Å². The van der Waals surface area contributed by atoms with Crippen LogP contribution in [0.5, 0.6) is 0 Å². The molecule has 106 valence electrons. The molecule has 1 aromatic carbocycles. The summed E-state index contributed by atoms with van der Waals surface area (Å²) in [6.07, 6.45) is 2.22. The predicted octanol–water partition coefficient (Wildman–Crippen LogP) is 2.97. The van der Waals surface area contributed by atoms with Crippen molar-refractivity contribution < 1.29 is 13.7 Å². The lowest BCUT2D eigenvalue weighted by atomic mass is 10.1. The highest BCUT2D eigenvalue weighted by molar-refractivity contribution is 5.82. The summed E-state index contributed by atoms with van der Waals surface area (Å²) in [4.78, 5) is 23.7. The summed E-state index contributed by atoms with van der Waals surface area (Å²) in [6, 6.07) is 14.1. The largest absolute Gasteiger partial charge is 0.469 e. The van der Waals surface area contributed by atoms with E-state index in [9.17, 15) is 9.59 Å². The average molecular weight is 283 g/mol. The van der Waals surface area contributed by atoms with Gasteiger partial charge in [0.25, 0.3) is 5.91 Å². The van der Waals surface area contributed by atoms with Gasteiger partial charge in [-0.25, -0.2) is 4.79 Å². The number of carbonyl (C=O) groups excluding carboxylic acids is 1. The van der Waals surface area contributed by atoms with Crippen LogP contribution < -0.4 is 5.63 Å². The van der Waals surface area contributed by atoms with Crippen LogP contribution in [0.4, 0.5) is 0 Å². The van der Waals surface area contributed by atoms with Crippen molar-refractivity contribution in [2.24, 2.45) is 0 Å². The molecule has 0 bridgehead atoms. The summed E-state index contributed by atoms with van der Waals surface area (Å²) in [5.41, 5.74) is 0.681. The van der Waals surface area contributed by atoms with Gasteiger partial charge in [-0.2, -0.15) is 0 Å². The first-order valence-electron chi connectivity index (χ1n) is 6.58. The Balaban J connectivity index is 1.85. The minimum atomic E-state index is -0.541. The highest BCUT2D eigenvalue weighted by atomic mass is 16.5. The minimum Gasteiger partial charge on any atom is -0.469 e. The monoisotopic (exact) mass is 283 g/mol. The van der Waals surface area contributed by atoms with Gasteiger partial charge in [-0.3, -0.25) is 4.79 Å². The van der Waals surface area contributed by atoms with Crippen molar-refractivity contribution >= 4 is 5.91 Å². The zero-order chi connectivity index (χ0) is 14.7. The lowest BCUT2D eigenvalue weighted by Gasteiger charge is -2.04. The molecule has 0 amide bonds. The van der Waals surface area contributed by atoms with Crippen LogP contribution in [0.25, 0.3) is 11.3 Å². The Bertz CT molecular complexity index is 781. The van der Waals surface area contributed by atoms with Crippen LogP contribution in [-0.4, -0.2) is 10.6 Å². The third-order valence-electron chi connectivity index (χ3n) is 3.12. The summed E-state index contributed by atoms with van der Waals surface area (Å²) in [5.74, 6) is 0.437. The molecule has 0 aliphatic rings. The molecule has 0 unspecified atom stereocenters. The van der Waals surface area contributed by atoms with Gasteiger partial charge in [0.05, 0.1) is 18.0 Å². The second kappa shape index (κ2) is 5.66. The van der Waals surface area contributed by atoms with Crippen LogP contribution in [0.15, 0.2) is 68.5 Å². The van der Waals surface area contributed by atoms with E-state index in [4.69, 9.17) is 8.94 Å². The number of furan rings is 1. The maximum atomic E-state index is 12.2. The lowest BCUT2D eigenvalue weighted by Crippen LogP contribution is -2.12. The van der Waals surface area contributed by atoms with Gasteiger partial charge in [0, 0.05) is 18.4 Å². The molecular formula is C16H13NO4. The molecular weight excluding hydrogens is 270 g/mol. The fraction of sp³-hybridized carbons (Fsp3) is 0.125. The first-order chi connectivity index (χ1) is 10.2. The van der Waals surface area contributed by atoms with Crippen LogP contribution in [0.1, 0.15) is 17.0 Å². The molecule has 0 radical (unpaired) electrons. The molecule has 0 saturated heterocycles. The standard InChI is InChI=1S/C16H13NO4/c18-15(9-8-13-7-4-10-20-13)17-14(11-16(19)21-17)12-5-2-1-3-6-12/h1-7,10-11H,8-9H2. The summed E-state index contributed by atoms with van der Waals surface area (Å²) in [6.45, 7) is 0. The van der Waals surface area contributed by atoms with Crippen LogP contribution in [0, 0.1) is 0 Å². The number of aryl methyl sites for hydroxylation is 1. The molecule has 0 fully saturated rings. The Morgan fingerprint density at radius 3 is 2.62 bits per heavy atom. The van der Waals surface area contributed by atoms with Crippen molar-refractivity contribution in [2.45, 2.75) is 12.8 Å². The van der Waals surface area contributed by atoms with Crippen LogP contribution >= 0.6 is 0 Å². The summed E-state index contributed by atoms with van der Waals surface area (Å²) in [5, 5.41) is 0. The fourth-order valence-electron chi connectivity index (χ4n) is 2.12. The van der Waals surface area contributed by atoms with Crippen LogP contribution in [-0.2, 0) is 6.42 Å². The third kappa shape index (κ3) is 2.86. The molecule has 0 atom stereocenters. The molecule has 0 aliphatic heterocycles. The van der Waals surface area contributed by atoms with E-state index in [0.29, 0.717) is 12.1 Å². The Morgan fingerprint density at radius 2 is 1.90 bits per heavy atom. The number of hydrogen-bond donors (Lipinski definition) is 0. The third-order valence-corrected chi connectivity index (χ3v) is 3.12. The fourth-order valence-corrected chi connectivity index (χ4v) is 2.12. The Morgan fingerprint density at radius 1 is 1.10 bits per heavy atom. The van der Waals surface area contributed by atoms with E-state index in [1.54, 1.807) is 18.4 Å². The molecule has 5 heteroatoms. The van der Waals surface area contributed by atoms with Crippen molar-refractivity contribution in [2.75, 3.05) is 0 Å². The predicted molar refractivity (Wildman–Crippen MR) is 76.1 cm³/mol. The van der Waals surface area contributed by atoms with Gasteiger partial charge in [-0.05, 0) is 12.1 Å². The molecule has 0 N–H and O–H groups in total. The maximum Gasteiger partial charge on any atom is 0.358 e. The molecule has 5 nitrogen and oxygen atoms in total. The smallest absolute Gasteiger partial charge is 0.358 e. The molecule has 2 heterocycles. The lowest BCUT2D eigenvalue weighted by molar-refractivity contribution is 0.0778. The zero-order valence-electron chi connectivity index (χ0n) is 11.2. The molecule has 21 heavy (non-hydrogen) atoms. The number of carbonyl (C=O) groups is 1. The second-order valence-electron chi connectivity index (χ2n) is 4.57. The van der Waals surface area contributed by atoms with Crippen molar-refractivity contribution in [3.63, 3.8) is 0 Å². The maximum absolute atomic E-state index is 12.2. The van der Waals surface area contributed by atoms with E-state index < -0.39 is 5.63 Å². The van der Waals surface area contributed by atoms with Crippen LogP contribution in [0.3, 0.4) is 0 Å². The summed E-state index contributed by atoms with van der Waals surface area (Å²) in [7, 11) is 0. The molecule has 2 aromatic heterocycles. The number of benzene rings is 1. The number of aromatic nitrogens is 1. The number of nitrogens with zero attached hydrogens (tertiary/aromatic N) is 1. The SMILES string of the molecule is O=C(CCc1ccco1)n1oc(=O)cc1-c1ccccc1. The van der Waals surface area contributed by atoms with E-state index in [2.05, 4.69) is 0 Å². The quantitative estimate of drug-likeness (QED) is 0.738. The highest BCUT2D eigenvalue weighted by Gasteiger charge is 2.16. The van der Waals surface area contributed by atoms with Crippen molar-refractivity contribution in [1.29, 1.82) is 0 Å². The van der Waals surface area contributed by atoms with Crippen LogP contribution in [0.2, 0.25) is 0 Å². The van der Waals surface area contributed by atoms with E-state index in [1.807, 2.05) is 30.3 Å². The van der Waals surface area contributed by atoms with Gasteiger partial charge in [-0.1, -0.05) is 30.3 Å². The summed E-state index contributed by atoms with van der Waals surface area (Å²) < 4.78 is 11.2. The second-order valence-corrected chi connectivity index (χ2v) is 4.57. The molecule has 3 rings (SSSR count). The van der Waals surface area contributed by atoms with Gasteiger partial charge in [0.1, 0.15) is 5.76 Å². The number of hydrogen-bond acceptors (Lipinski definition) is 4. The highest BCUT2D eigenvalue weighted by Crippen LogP contribution is 2.18. The van der Waals surface area contributed by atoms with Gasteiger partial charge >= 0.3 is 5.63 Å². The van der Waals surface area contributed by atoms with E-state index in [1.165, 1.54) is 6.07 Å². The molecule has 0 aliphatic carbocycles. The number of rotatable bonds is 4.